The van der Waals surface area contributed by atoms with Gasteiger partial charge in [0.05, 0.1) is 0 Å². The van der Waals surface area contributed by atoms with Crippen LogP contribution >= 0.6 is 11.3 Å². The summed E-state index contributed by atoms with van der Waals surface area (Å²) >= 11 is 1.80. The van der Waals surface area contributed by atoms with E-state index < -0.39 is 0 Å². The highest BCUT2D eigenvalue weighted by atomic mass is 32.1. The summed E-state index contributed by atoms with van der Waals surface area (Å²) in [7, 11) is 0. The molecule has 2 saturated heterocycles. The van der Waals surface area contributed by atoms with Crippen LogP contribution in [0.3, 0.4) is 0 Å². The zero-order valence-corrected chi connectivity index (χ0v) is 10.5. The summed E-state index contributed by atoms with van der Waals surface area (Å²) in [5.41, 5.74) is 0. The van der Waals surface area contributed by atoms with Crippen LogP contribution in [0.25, 0.3) is 0 Å². The van der Waals surface area contributed by atoms with Gasteiger partial charge >= 0.3 is 0 Å². The number of hydrogen-bond acceptors (Lipinski definition) is 4. The topological polar surface area (TPSA) is 37.0 Å². The second-order valence-corrected chi connectivity index (χ2v) is 6.36. The van der Waals surface area contributed by atoms with Crippen molar-refractivity contribution >= 4 is 11.3 Å². The number of nitrogens with one attached hydrogen (secondary N) is 2. The van der Waals surface area contributed by atoms with Gasteiger partial charge in [-0.15, -0.1) is 11.3 Å². The third-order valence-electron chi connectivity index (χ3n) is 3.78. The fraction of sp³-hybridized carbons (Fsp3) is 0.750. The zero-order valence-electron chi connectivity index (χ0n) is 9.70. The van der Waals surface area contributed by atoms with Crippen LogP contribution < -0.4 is 10.6 Å². The summed E-state index contributed by atoms with van der Waals surface area (Å²) in [5.74, 6) is 0.847. The molecule has 2 aliphatic heterocycles. The number of nitrogens with zero attached hydrogens (tertiary/aromatic N) is 1. The largest absolute Gasteiger partial charge is 0.311 e. The average Bonchev–Trinajstić information content (AvgIpc) is 2.94. The third-order valence-corrected chi connectivity index (χ3v) is 4.70. The predicted molar refractivity (Wildman–Crippen MR) is 66.6 cm³/mol. The molecule has 1 aromatic heterocycles. The maximum absolute atomic E-state index is 4.37. The van der Waals surface area contributed by atoms with E-state index in [1.807, 2.05) is 6.20 Å². The van der Waals surface area contributed by atoms with Crippen molar-refractivity contribution in [1.29, 1.82) is 0 Å². The van der Waals surface area contributed by atoms with Crippen molar-refractivity contribution in [1.82, 2.24) is 15.6 Å². The van der Waals surface area contributed by atoms with Gasteiger partial charge in [0.25, 0.3) is 0 Å². The van der Waals surface area contributed by atoms with E-state index in [0.717, 1.165) is 31.1 Å². The molecular weight excluding hydrogens is 218 g/mol. The lowest BCUT2D eigenvalue weighted by molar-refractivity contribution is 0.383. The van der Waals surface area contributed by atoms with E-state index in [4.69, 9.17) is 0 Å². The molecule has 3 atom stereocenters. The van der Waals surface area contributed by atoms with E-state index in [0.29, 0.717) is 0 Å². The van der Waals surface area contributed by atoms with Crippen LogP contribution in [0, 0.1) is 12.8 Å². The van der Waals surface area contributed by atoms with Gasteiger partial charge in [0.2, 0.25) is 0 Å². The fourth-order valence-corrected chi connectivity index (χ4v) is 3.77. The number of fused-ring (bicyclic) bond motifs is 2. The number of hydrogen-bond donors (Lipinski definition) is 2. The Morgan fingerprint density at radius 2 is 2.50 bits per heavy atom. The maximum atomic E-state index is 4.37. The van der Waals surface area contributed by atoms with Gasteiger partial charge in [-0.05, 0) is 38.6 Å². The quantitative estimate of drug-likeness (QED) is 0.836. The smallest absolute Gasteiger partial charge is 0.107 e. The van der Waals surface area contributed by atoms with Gasteiger partial charge in [0.15, 0.2) is 0 Å². The van der Waals surface area contributed by atoms with Gasteiger partial charge in [0, 0.05) is 29.7 Å². The summed E-state index contributed by atoms with van der Waals surface area (Å²) in [6.45, 7) is 4.19. The first kappa shape index (κ1) is 10.7. The normalized spacial score (nSPS) is 32.4. The molecule has 2 fully saturated rings. The molecule has 2 aliphatic rings. The molecule has 0 amide bonds. The first-order valence-corrected chi connectivity index (χ1v) is 7.01. The standard InChI is InChI=1S/C12H19N3S/c1-8-5-14-12(16-8)7-13-6-9-4-10-2-3-11(9)15-10/h5,9-11,13,15H,2-4,6-7H2,1H3. The second-order valence-electron chi connectivity index (χ2n) is 5.04. The van der Waals surface area contributed by atoms with Gasteiger partial charge in [-0.3, -0.25) is 0 Å². The van der Waals surface area contributed by atoms with Gasteiger partial charge in [-0.25, -0.2) is 4.98 Å². The highest BCUT2D eigenvalue weighted by molar-refractivity contribution is 7.11. The summed E-state index contributed by atoms with van der Waals surface area (Å²) in [6.07, 6.45) is 6.11. The fourth-order valence-electron chi connectivity index (χ4n) is 3.01. The number of aromatic nitrogens is 1. The van der Waals surface area contributed by atoms with Crippen molar-refractivity contribution in [2.24, 2.45) is 5.92 Å². The van der Waals surface area contributed by atoms with E-state index in [2.05, 4.69) is 22.5 Å². The zero-order chi connectivity index (χ0) is 11.0. The van der Waals surface area contributed by atoms with Crippen molar-refractivity contribution in [3.8, 4) is 0 Å². The molecule has 2 N–H and O–H groups in total. The molecule has 0 spiro atoms. The molecule has 4 heteroatoms. The Morgan fingerprint density at radius 3 is 3.12 bits per heavy atom. The molecule has 0 saturated carbocycles. The lowest BCUT2D eigenvalue weighted by atomic mass is 9.89. The Morgan fingerprint density at radius 1 is 1.56 bits per heavy atom. The molecular formula is C12H19N3S. The van der Waals surface area contributed by atoms with Crippen LogP contribution in [0.5, 0.6) is 0 Å². The Kier molecular flexibility index (Phi) is 2.96. The third kappa shape index (κ3) is 2.14. The number of aryl methyl sites for hydroxylation is 1. The molecule has 1 aromatic rings. The lowest BCUT2D eigenvalue weighted by Gasteiger charge is -2.20. The van der Waals surface area contributed by atoms with E-state index in [-0.39, 0.29) is 0 Å². The number of rotatable bonds is 4. The molecule has 88 valence electrons. The first-order chi connectivity index (χ1) is 7.81. The Balaban J connectivity index is 1.44. The molecule has 3 heterocycles. The molecule has 3 rings (SSSR count). The molecule has 0 aromatic carbocycles. The molecule has 16 heavy (non-hydrogen) atoms. The van der Waals surface area contributed by atoms with Crippen LogP contribution in [0.15, 0.2) is 6.20 Å². The van der Waals surface area contributed by atoms with Gasteiger partial charge in [-0.2, -0.15) is 0 Å². The molecule has 0 aliphatic carbocycles. The second kappa shape index (κ2) is 4.43. The van der Waals surface area contributed by atoms with Crippen molar-refractivity contribution in [3.05, 3.63) is 16.1 Å². The van der Waals surface area contributed by atoms with Crippen LogP contribution in [-0.4, -0.2) is 23.6 Å². The molecule has 0 radical (unpaired) electrons. The molecule has 3 nitrogen and oxygen atoms in total. The Bertz CT molecular complexity index is 363. The monoisotopic (exact) mass is 237 g/mol. The van der Waals surface area contributed by atoms with Crippen LogP contribution in [0.1, 0.15) is 29.1 Å². The van der Waals surface area contributed by atoms with E-state index >= 15 is 0 Å². The van der Waals surface area contributed by atoms with Crippen molar-refractivity contribution in [2.75, 3.05) is 6.54 Å². The SMILES string of the molecule is Cc1cnc(CNCC2CC3CCC2N3)s1. The summed E-state index contributed by atoms with van der Waals surface area (Å²) in [4.78, 5) is 5.67. The minimum Gasteiger partial charge on any atom is -0.311 e. The lowest BCUT2D eigenvalue weighted by Crippen LogP contribution is -2.31. The minimum atomic E-state index is 0.788. The minimum absolute atomic E-state index is 0.788. The summed E-state index contributed by atoms with van der Waals surface area (Å²) < 4.78 is 0. The van der Waals surface area contributed by atoms with Crippen LogP contribution in [-0.2, 0) is 6.54 Å². The van der Waals surface area contributed by atoms with Crippen molar-refractivity contribution in [2.45, 2.75) is 44.8 Å². The highest BCUT2D eigenvalue weighted by Gasteiger charge is 2.38. The van der Waals surface area contributed by atoms with Gasteiger partial charge in [-0.1, -0.05) is 0 Å². The Labute approximate surface area is 101 Å². The van der Waals surface area contributed by atoms with Crippen molar-refractivity contribution in [3.63, 3.8) is 0 Å². The van der Waals surface area contributed by atoms with E-state index in [9.17, 15) is 0 Å². The van der Waals surface area contributed by atoms with Crippen LogP contribution in [0.2, 0.25) is 0 Å². The van der Waals surface area contributed by atoms with Crippen LogP contribution in [0.4, 0.5) is 0 Å². The maximum Gasteiger partial charge on any atom is 0.107 e. The summed E-state index contributed by atoms with van der Waals surface area (Å²) in [6, 6.07) is 1.61. The first-order valence-electron chi connectivity index (χ1n) is 6.19. The van der Waals surface area contributed by atoms with Crippen molar-refractivity contribution < 1.29 is 0 Å². The highest BCUT2D eigenvalue weighted by Crippen LogP contribution is 2.32. The van der Waals surface area contributed by atoms with E-state index in [1.165, 1.54) is 29.1 Å². The molecule has 3 unspecified atom stereocenters. The predicted octanol–water partition coefficient (Wildman–Crippen LogP) is 1.68. The molecule has 2 bridgehead atoms. The van der Waals surface area contributed by atoms with Gasteiger partial charge < -0.3 is 10.6 Å². The van der Waals surface area contributed by atoms with Gasteiger partial charge in [0.1, 0.15) is 5.01 Å². The van der Waals surface area contributed by atoms with E-state index in [1.54, 1.807) is 11.3 Å². The summed E-state index contributed by atoms with van der Waals surface area (Å²) in [5, 5.41) is 8.44. The average molecular weight is 237 g/mol. The Hall–Kier alpha value is -0.450. The number of thiazole rings is 1.